The Morgan fingerprint density at radius 3 is 2.78 bits per heavy atom. The predicted molar refractivity (Wildman–Crippen MR) is 34.8 cm³/mol. The fourth-order valence-electron chi connectivity index (χ4n) is 0.330. The van der Waals surface area contributed by atoms with Gasteiger partial charge in [-0.1, -0.05) is 6.08 Å². The molecule has 3 heteroatoms. The van der Waals surface area contributed by atoms with Crippen molar-refractivity contribution in [3.63, 3.8) is 0 Å². The van der Waals surface area contributed by atoms with Gasteiger partial charge >= 0.3 is 5.97 Å². The Hall–Kier alpha value is -0.830. The second kappa shape index (κ2) is 5.31. The predicted octanol–water partition coefficient (Wildman–Crippen LogP) is 0.0644. The first-order valence-electron chi connectivity index (χ1n) is 2.76. The third kappa shape index (κ3) is 7.17. The van der Waals surface area contributed by atoms with Gasteiger partial charge in [0.15, 0.2) is 0 Å². The smallest absolute Gasteiger partial charge is 0.302 e. The van der Waals surface area contributed by atoms with E-state index in [1.54, 1.807) is 12.2 Å². The van der Waals surface area contributed by atoms with Gasteiger partial charge in [-0.05, 0) is 6.08 Å². The van der Waals surface area contributed by atoms with Gasteiger partial charge in [0.2, 0.25) is 0 Å². The van der Waals surface area contributed by atoms with Crippen molar-refractivity contribution in [3.8, 4) is 0 Å². The first kappa shape index (κ1) is 8.17. The molecule has 0 aliphatic heterocycles. The van der Waals surface area contributed by atoms with Crippen molar-refractivity contribution in [2.75, 3.05) is 13.2 Å². The summed E-state index contributed by atoms with van der Waals surface area (Å²) in [4.78, 5) is 10.1. The summed E-state index contributed by atoms with van der Waals surface area (Å²) < 4.78 is 4.56. The van der Waals surface area contributed by atoms with Crippen LogP contribution in [0.1, 0.15) is 6.92 Å². The molecule has 0 aromatic carbocycles. The fourth-order valence-corrected chi connectivity index (χ4v) is 0.330. The maximum Gasteiger partial charge on any atom is 0.302 e. The Morgan fingerprint density at radius 2 is 2.33 bits per heavy atom. The summed E-state index contributed by atoms with van der Waals surface area (Å²) in [7, 11) is 0. The topological polar surface area (TPSA) is 52.3 Å². The number of hydrogen-bond donors (Lipinski definition) is 1. The van der Waals surface area contributed by atoms with E-state index in [2.05, 4.69) is 4.74 Å². The zero-order chi connectivity index (χ0) is 7.11. The summed E-state index contributed by atoms with van der Waals surface area (Å²) in [6.45, 7) is 2.18. The molecule has 0 aromatic rings. The van der Waals surface area contributed by atoms with Gasteiger partial charge in [0.25, 0.3) is 0 Å². The van der Waals surface area contributed by atoms with Crippen molar-refractivity contribution in [1.29, 1.82) is 0 Å². The molecule has 2 N–H and O–H groups in total. The molecular formula is C6H11NO2. The first-order chi connectivity index (χ1) is 4.27. The molecule has 0 rings (SSSR count). The average Bonchev–Trinajstić information content (AvgIpc) is 1.80. The van der Waals surface area contributed by atoms with Crippen LogP contribution in [0.25, 0.3) is 0 Å². The van der Waals surface area contributed by atoms with E-state index < -0.39 is 0 Å². The molecule has 0 heterocycles. The standard InChI is InChI=1S/C6H11NO2/c1-6(8)9-5-3-2-4-7/h2-3H,4-5,7H2,1H3. The lowest BCUT2D eigenvalue weighted by atomic mass is 10.5. The van der Waals surface area contributed by atoms with Gasteiger partial charge in [0.05, 0.1) is 0 Å². The summed E-state index contributed by atoms with van der Waals surface area (Å²) in [6, 6.07) is 0. The highest BCUT2D eigenvalue weighted by Crippen LogP contribution is 1.76. The van der Waals surface area contributed by atoms with E-state index >= 15 is 0 Å². The maximum absolute atomic E-state index is 10.1. The lowest BCUT2D eigenvalue weighted by molar-refractivity contribution is -0.139. The van der Waals surface area contributed by atoms with Crippen LogP contribution in [-0.4, -0.2) is 19.1 Å². The molecule has 0 aromatic heterocycles. The number of carbonyl (C=O) groups excluding carboxylic acids is 1. The van der Waals surface area contributed by atoms with Crippen molar-refractivity contribution >= 4 is 5.97 Å². The van der Waals surface area contributed by atoms with E-state index in [1.165, 1.54) is 6.92 Å². The van der Waals surface area contributed by atoms with Crippen LogP contribution in [0.15, 0.2) is 12.2 Å². The Morgan fingerprint density at radius 1 is 1.67 bits per heavy atom. The van der Waals surface area contributed by atoms with Crippen LogP contribution in [0.3, 0.4) is 0 Å². The Balaban J connectivity index is 3.09. The number of rotatable bonds is 3. The van der Waals surface area contributed by atoms with Crippen LogP contribution in [-0.2, 0) is 9.53 Å². The SMILES string of the molecule is CC(=O)OCC=CCN. The summed E-state index contributed by atoms with van der Waals surface area (Å²) in [5.74, 6) is -0.267. The van der Waals surface area contributed by atoms with Crippen LogP contribution in [0, 0.1) is 0 Å². The molecule has 0 fully saturated rings. The van der Waals surface area contributed by atoms with E-state index in [4.69, 9.17) is 5.73 Å². The molecule has 0 saturated carbocycles. The van der Waals surface area contributed by atoms with Crippen molar-refractivity contribution in [2.45, 2.75) is 6.92 Å². The molecule has 9 heavy (non-hydrogen) atoms. The molecule has 0 unspecified atom stereocenters. The highest BCUT2D eigenvalue weighted by atomic mass is 16.5. The third-order valence-corrected chi connectivity index (χ3v) is 0.686. The largest absolute Gasteiger partial charge is 0.462 e. The van der Waals surface area contributed by atoms with E-state index in [0.29, 0.717) is 13.2 Å². The summed E-state index contributed by atoms with van der Waals surface area (Å²) >= 11 is 0. The van der Waals surface area contributed by atoms with Gasteiger partial charge in [0.1, 0.15) is 6.61 Å². The van der Waals surface area contributed by atoms with Crippen LogP contribution in [0.4, 0.5) is 0 Å². The highest BCUT2D eigenvalue weighted by molar-refractivity contribution is 5.65. The lowest BCUT2D eigenvalue weighted by Crippen LogP contribution is -1.99. The van der Waals surface area contributed by atoms with Crippen molar-refractivity contribution < 1.29 is 9.53 Å². The average molecular weight is 129 g/mol. The van der Waals surface area contributed by atoms with Crippen molar-refractivity contribution in [2.24, 2.45) is 5.73 Å². The summed E-state index contributed by atoms with van der Waals surface area (Å²) in [5.41, 5.74) is 5.12. The van der Waals surface area contributed by atoms with Gasteiger partial charge in [-0.3, -0.25) is 4.79 Å². The zero-order valence-electron chi connectivity index (χ0n) is 5.46. The van der Waals surface area contributed by atoms with Crippen LogP contribution < -0.4 is 5.73 Å². The van der Waals surface area contributed by atoms with E-state index in [-0.39, 0.29) is 5.97 Å². The monoisotopic (exact) mass is 129 g/mol. The minimum absolute atomic E-state index is 0.267. The number of carbonyl (C=O) groups is 1. The summed E-state index contributed by atoms with van der Waals surface area (Å²) in [6.07, 6.45) is 3.45. The Bertz CT molecular complexity index is 110. The minimum atomic E-state index is -0.267. The lowest BCUT2D eigenvalue weighted by Gasteiger charge is -1.92. The zero-order valence-corrected chi connectivity index (χ0v) is 5.46. The molecule has 0 radical (unpaired) electrons. The van der Waals surface area contributed by atoms with Gasteiger partial charge in [-0.15, -0.1) is 0 Å². The molecule has 0 aliphatic carbocycles. The van der Waals surface area contributed by atoms with Gasteiger partial charge in [0, 0.05) is 13.5 Å². The molecule has 0 aliphatic rings. The number of esters is 1. The van der Waals surface area contributed by atoms with E-state index in [9.17, 15) is 4.79 Å². The molecular weight excluding hydrogens is 118 g/mol. The second-order valence-corrected chi connectivity index (χ2v) is 1.51. The molecule has 0 bridgehead atoms. The fraction of sp³-hybridized carbons (Fsp3) is 0.500. The number of nitrogens with two attached hydrogens (primary N) is 1. The van der Waals surface area contributed by atoms with Crippen LogP contribution in [0.5, 0.6) is 0 Å². The maximum atomic E-state index is 10.1. The van der Waals surface area contributed by atoms with Crippen LogP contribution in [0.2, 0.25) is 0 Å². The highest BCUT2D eigenvalue weighted by Gasteiger charge is 1.84. The van der Waals surface area contributed by atoms with E-state index in [1.807, 2.05) is 0 Å². The van der Waals surface area contributed by atoms with Crippen molar-refractivity contribution in [3.05, 3.63) is 12.2 Å². The first-order valence-corrected chi connectivity index (χ1v) is 2.76. The molecule has 0 amide bonds. The quantitative estimate of drug-likeness (QED) is 0.433. The minimum Gasteiger partial charge on any atom is -0.462 e. The van der Waals surface area contributed by atoms with E-state index in [0.717, 1.165) is 0 Å². The molecule has 3 nitrogen and oxygen atoms in total. The van der Waals surface area contributed by atoms with Crippen LogP contribution >= 0.6 is 0 Å². The van der Waals surface area contributed by atoms with Gasteiger partial charge in [-0.2, -0.15) is 0 Å². The van der Waals surface area contributed by atoms with Gasteiger partial charge in [-0.25, -0.2) is 0 Å². The molecule has 0 saturated heterocycles. The molecule has 0 atom stereocenters. The van der Waals surface area contributed by atoms with Crippen molar-refractivity contribution in [1.82, 2.24) is 0 Å². The second-order valence-electron chi connectivity index (χ2n) is 1.51. The summed E-state index contributed by atoms with van der Waals surface area (Å²) in [5, 5.41) is 0. The third-order valence-electron chi connectivity index (χ3n) is 0.686. The molecule has 0 spiro atoms. The Kier molecular flexibility index (Phi) is 4.82. The number of hydrogen-bond acceptors (Lipinski definition) is 3. The molecule has 52 valence electrons. The number of ether oxygens (including phenoxy) is 1. The van der Waals surface area contributed by atoms with Gasteiger partial charge < -0.3 is 10.5 Å². The normalized spacial score (nSPS) is 10.0. The Labute approximate surface area is 54.5 Å².